The number of hydrogen-bond acceptors (Lipinski definition) is 1. The van der Waals surface area contributed by atoms with E-state index in [0.717, 1.165) is 41.2 Å². The molecule has 3 rings (SSSR count). The van der Waals surface area contributed by atoms with E-state index in [0.29, 0.717) is 11.8 Å². The largest absolute Gasteiger partial charge is 0.398 e. The first-order chi connectivity index (χ1) is 12.8. The van der Waals surface area contributed by atoms with E-state index in [-0.39, 0.29) is 0 Å². The second-order valence-corrected chi connectivity index (χ2v) is 10.7. The standard InChI is InChI=1S/C26H43N/c1-16(2)20-12-10-18(5)14-24(20)22-8-7-9-23(26(22)27)25-15-19(6)11-13-21(25)17(3)4/h7-9,16-21,24-25H,10-15,27H2,1-6H3. The molecule has 0 spiro atoms. The Morgan fingerprint density at radius 2 is 1.15 bits per heavy atom. The van der Waals surface area contributed by atoms with Gasteiger partial charge in [0, 0.05) is 5.69 Å². The first-order valence-corrected chi connectivity index (χ1v) is 11.7. The molecule has 27 heavy (non-hydrogen) atoms. The van der Waals surface area contributed by atoms with Gasteiger partial charge in [-0.25, -0.2) is 0 Å². The lowest BCUT2D eigenvalue weighted by atomic mass is 9.65. The first-order valence-electron chi connectivity index (χ1n) is 11.7. The lowest BCUT2D eigenvalue weighted by Crippen LogP contribution is -2.29. The van der Waals surface area contributed by atoms with Gasteiger partial charge >= 0.3 is 0 Å². The summed E-state index contributed by atoms with van der Waals surface area (Å²) in [6.07, 6.45) is 8.11. The highest BCUT2D eigenvalue weighted by Crippen LogP contribution is 2.50. The third kappa shape index (κ3) is 4.38. The van der Waals surface area contributed by atoms with Crippen LogP contribution in [0, 0.1) is 35.5 Å². The van der Waals surface area contributed by atoms with Crippen molar-refractivity contribution in [2.75, 3.05) is 5.73 Å². The van der Waals surface area contributed by atoms with Crippen molar-refractivity contribution in [3.05, 3.63) is 29.3 Å². The number of hydrogen-bond donors (Lipinski definition) is 1. The highest BCUT2D eigenvalue weighted by molar-refractivity contribution is 5.57. The third-order valence-corrected chi connectivity index (χ3v) is 8.02. The van der Waals surface area contributed by atoms with E-state index in [4.69, 9.17) is 5.73 Å². The van der Waals surface area contributed by atoms with E-state index in [9.17, 15) is 0 Å². The number of rotatable bonds is 4. The molecule has 152 valence electrons. The summed E-state index contributed by atoms with van der Waals surface area (Å²) in [4.78, 5) is 0. The van der Waals surface area contributed by atoms with Crippen molar-refractivity contribution in [2.45, 2.75) is 91.9 Å². The van der Waals surface area contributed by atoms with Gasteiger partial charge in [-0.3, -0.25) is 0 Å². The summed E-state index contributed by atoms with van der Waals surface area (Å²) in [6.45, 7) is 14.5. The van der Waals surface area contributed by atoms with Gasteiger partial charge in [-0.15, -0.1) is 0 Å². The van der Waals surface area contributed by atoms with Gasteiger partial charge in [0.15, 0.2) is 0 Å². The Kier molecular flexibility index (Phi) is 6.59. The summed E-state index contributed by atoms with van der Waals surface area (Å²) in [7, 11) is 0. The van der Waals surface area contributed by atoms with Crippen LogP contribution >= 0.6 is 0 Å². The minimum atomic E-state index is 0.646. The quantitative estimate of drug-likeness (QED) is 0.543. The van der Waals surface area contributed by atoms with Crippen LogP contribution in [0.15, 0.2) is 18.2 Å². The molecule has 6 atom stereocenters. The number of benzene rings is 1. The Morgan fingerprint density at radius 3 is 1.52 bits per heavy atom. The summed E-state index contributed by atoms with van der Waals surface area (Å²) in [5.41, 5.74) is 11.0. The number of para-hydroxylation sites is 1. The summed E-state index contributed by atoms with van der Waals surface area (Å²) >= 11 is 0. The van der Waals surface area contributed by atoms with Crippen LogP contribution in [0.2, 0.25) is 0 Å². The molecular formula is C26H43N. The molecule has 0 saturated heterocycles. The van der Waals surface area contributed by atoms with Crippen LogP contribution in [0.3, 0.4) is 0 Å². The average molecular weight is 370 g/mol. The van der Waals surface area contributed by atoms with Gasteiger partial charge in [0.05, 0.1) is 0 Å². The fourth-order valence-corrected chi connectivity index (χ4v) is 6.37. The Labute approximate surface area is 168 Å². The van der Waals surface area contributed by atoms with E-state index >= 15 is 0 Å². The fraction of sp³-hybridized carbons (Fsp3) is 0.769. The van der Waals surface area contributed by atoms with Crippen molar-refractivity contribution in [1.29, 1.82) is 0 Å². The zero-order chi connectivity index (χ0) is 19.7. The summed E-state index contributed by atoms with van der Waals surface area (Å²) < 4.78 is 0. The van der Waals surface area contributed by atoms with E-state index in [1.54, 1.807) is 0 Å². The third-order valence-electron chi connectivity index (χ3n) is 8.02. The molecule has 0 radical (unpaired) electrons. The zero-order valence-electron chi connectivity index (χ0n) is 18.7. The first kappa shape index (κ1) is 20.7. The lowest BCUT2D eigenvalue weighted by molar-refractivity contribution is 0.194. The molecular weight excluding hydrogens is 326 g/mol. The Bertz CT molecular complexity index is 566. The van der Waals surface area contributed by atoms with Crippen LogP contribution in [-0.2, 0) is 0 Å². The second kappa shape index (κ2) is 8.58. The molecule has 1 nitrogen and oxygen atoms in total. The second-order valence-electron chi connectivity index (χ2n) is 10.7. The Balaban J connectivity index is 1.97. The molecule has 0 aromatic heterocycles. The van der Waals surface area contributed by atoms with Crippen LogP contribution in [-0.4, -0.2) is 0 Å². The minimum absolute atomic E-state index is 0.646. The molecule has 2 aliphatic rings. The van der Waals surface area contributed by atoms with Crippen LogP contribution in [0.25, 0.3) is 0 Å². The van der Waals surface area contributed by atoms with E-state index in [1.165, 1.54) is 49.7 Å². The Hall–Kier alpha value is -0.980. The average Bonchev–Trinajstić information content (AvgIpc) is 2.61. The van der Waals surface area contributed by atoms with Crippen molar-refractivity contribution >= 4 is 5.69 Å². The molecule has 0 aliphatic heterocycles. The van der Waals surface area contributed by atoms with Crippen molar-refractivity contribution in [3.63, 3.8) is 0 Å². The van der Waals surface area contributed by atoms with E-state index in [2.05, 4.69) is 59.7 Å². The van der Waals surface area contributed by atoms with Gasteiger partial charge in [0.25, 0.3) is 0 Å². The van der Waals surface area contributed by atoms with Crippen molar-refractivity contribution < 1.29 is 0 Å². The van der Waals surface area contributed by atoms with Crippen LogP contribution in [0.4, 0.5) is 5.69 Å². The minimum Gasteiger partial charge on any atom is -0.398 e. The molecule has 2 N–H and O–H groups in total. The zero-order valence-corrected chi connectivity index (χ0v) is 18.7. The number of anilines is 1. The highest BCUT2D eigenvalue weighted by atomic mass is 14.6. The van der Waals surface area contributed by atoms with Gasteiger partial charge in [-0.05, 0) is 84.2 Å². The number of nitrogens with two attached hydrogens (primary N) is 1. The summed E-state index contributed by atoms with van der Waals surface area (Å²) in [6, 6.07) is 7.02. The predicted octanol–water partition coefficient (Wildman–Crippen LogP) is 7.62. The Morgan fingerprint density at radius 1 is 0.741 bits per heavy atom. The molecule has 2 fully saturated rings. The monoisotopic (exact) mass is 369 g/mol. The predicted molar refractivity (Wildman–Crippen MR) is 119 cm³/mol. The smallest absolute Gasteiger partial charge is 0.0385 e. The highest BCUT2D eigenvalue weighted by Gasteiger charge is 2.36. The fourth-order valence-electron chi connectivity index (χ4n) is 6.37. The van der Waals surface area contributed by atoms with E-state index in [1.807, 2.05) is 0 Å². The molecule has 2 saturated carbocycles. The van der Waals surface area contributed by atoms with Gasteiger partial charge in [-0.1, -0.05) is 72.6 Å². The van der Waals surface area contributed by atoms with Gasteiger partial charge in [0.1, 0.15) is 0 Å². The maximum Gasteiger partial charge on any atom is 0.0385 e. The van der Waals surface area contributed by atoms with Crippen molar-refractivity contribution in [1.82, 2.24) is 0 Å². The molecule has 1 heteroatoms. The van der Waals surface area contributed by atoms with Gasteiger partial charge in [-0.2, -0.15) is 0 Å². The SMILES string of the molecule is CC1CCC(C(C)C)C(c2cccc(C3CC(C)CCC3C(C)C)c2N)C1. The lowest BCUT2D eigenvalue weighted by Gasteiger charge is -2.41. The van der Waals surface area contributed by atoms with Crippen LogP contribution < -0.4 is 5.73 Å². The van der Waals surface area contributed by atoms with Gasteiger partial charge < -0.3 is 5.73 Å². The molecule has 0 amide bonds. The topological polar surface area (TPSA) is 26.0 Å². The van der Waals surface area contributed by atoms with Crippen LogP contribution in [0.1, 0.15) is 103 Å². The van der Waals surface area contributed by atoms with Gasteiger partial charge in [0.2, 0.25) is 0 Å². The molecule has 0 bridgehead atoms. The molecule has 1 aromatic rings. The molecule has 0 heterocycles. The molecule has 6 unspecified atom stereocenters. The number of nitrogen functional groups attached to an aromatic ring is 1. The molecule has 2 aliphatic carbocycles. The van der Waals surface area contributed by atoms with Crippen molar-refractivity contribution in [2.24, 2.45) is 35.5 Å². The summed E-state index contributed by atoms with van der Waals surface area (Å²) in [5.74, 6) is 5.99. The maximum absolute atomic E-state index is 6.96. The summed E-state index contributed by atoms with van der Waals surface area (Å²) in [5, 5.41) is 0. The normalized spacial score (nSPS) is 35.0. The molecule has 1 aromatic carbocycles. The van der Waals surface area contributed by atoms with E-state index < -0.39 is 0 Å². The maximum atomic E-state index is 6.96. The van der Waals surface area contributed by atoms with Crippen molar-refractivity contribution in [3.8, 4) is 0 Å². The van der Waals surface area contributed by atoms with Crippen LogP contribution in [0.5, 0.6) is 0 Å².